The van der Waals surface area contributed by atoms with Gasteiger partial charge in [0.05, 0.1) is 19.3 Å². The molecule has 0 heterocycles. The molecule has 0 saturated carbocycles. The molecule has 1 aromatic rings. The maximum absolute atomic E-state index is 9.30. The number of nitrogens with one attached hydrogen (secondary N) is 1. The number of benzene rings is 1. The Morgan fingerprint density at radius 1 is 1.33 bits per heavy atom. The number of hydrogen-bond donors (Lipinski definition) is 2. The number of rotatable bonds is 8. The number of halogens is 1. The molecule has 2 atom stereocenters. The molecule has 4 heteroatoms. The molecule has 0 bridgehead atoms. The van der Waals surface area contributed by atoms with Crippen molar-refractivity contribution in [2.24, 2.45) is 0 Å². The molecule has 0 amide bonds. The lowest BCUT2D eigenvalue weighted by molar-refractivity contribution is 0.121. The fourth-order valence-corrected chi connectivity index (χ4v) is 2.10. The Kier molecular flexibility index (Phi) is 7.28. The topological polar surface area (TPSA) is 41.5 Å². The summed E-state index contributed by atoms with van der Waals surface area (Å²) in [6.45, 7) is 2.72. The van der Waals surface area contributed by atoms with E-state index in [9.17, 15) is 5.11 Å². The van der Waals surface area contributed by atoms with Crippen LogP contribution < -0.4 is 5.32 Å². The van der Waals surface area contributed by atoms with Crippen molar-refractivity contribution >= 4 is 11.6 Å². The first-order chi connectivity index (χ1) is 8.71. The standard InChI is InChI=1S/C14H22ClNO2/c1-3-4-14(16-13(9-17)10-18-2)11-5-7-12(15)8-6-11/h5-8,13-14,16-17H,3-4,9-10H2,1-2H3. The van der Waals surface area contributed by atoms with Gasteiger partial charge in [-0.15, -0.1) is 0 Å². The van der Waals surface area contributed by atoms with Crippen LogP contribution >= 0.6 is 11.6 Å². The molecule has 3 nitrogen and oxygen atoms in total. The third kappa shape index (κ3) is 4.94. The van der Waals surface area contributed by atoms with Gasteiger partial charge in [0.15, 0.2) is 0 Å². The second-order valence-electron chi connectivity index (χ2n) is 4.39. The first kappa shape index (κ1) is 15.4. The molecule has 2 N–H and O–H groups in total. The highest BCUT2D eigenvalue weighted by atomic mass is 35.5. The minimum absolute atomic E-state index is 0.0396. The summed E-state index contributed by atoms with van der Waals surface area (Å²) >= 11 is 5.90. The quantitative estimate of drug-likeness (QED) is 0.764. The highest BCUT2D eigenvalue weighted by Crippen LogP contribution is 2.21. The van der Waals surface area contributed by atoms with E-state index < -0.39 is 0 Å². The van der Waals surface area contributed by atoms with Crippen LogP contribution in [0.15, 0.2) is 24.3 Å². The normalized spacial score (nSPS) is 14.4. The summed E-state index contributed by atoms with van der Waals surface area (Å²) in [5.74, 6) is 0. The Balaban J connectivity index is 2.71. The number of aliphatic hydroxyl groups is 1. The summed E-state index contributed by atoms with van der Waals surface area (Å²) in [7, 11) is 1.64. The lowest BCUT2D eigenvalue weighted by atomic mass is 10.0. The maximum atomic E-state index is 9.30. The molecule has 0 aliphatic heterocycles. The summed E-state index contributed by atoms with van der Waals surface area (Å²) in [6.07, 6.45) is 2.09. The molecule has 102 valence electrons. The molecule has 0 aliphatic rings. The van der Waals surface area contributed by atoms with Crippen LogP contribution in [0.5, 0.6) is 0 Å². The van der Waals surface area contributed by atoms with Crippen LogP contribution in [0.1, 0.15) is 31.4 Å². The summed E-state index contributed by atoms with van der Waals surface area (Å²) in [4.78, 5) is 0. The molecular weight excluding hydrogens is 250 g/mol. The molecule has 0 radical (unpaired) electrons. The van der Waals surface area contributed by atoms with Crippen molar-refractivity contribution in [2.75, 3.05) is 20.3 Å². The molecular formula is C14H22ClNO2. The number of aliphatic hydroxyl groups excluding tert-OH is 1. The van der Waals surface area contributed by atoms with E-state index in [1.807, 2.05) is 24.3 Å². The second kappa shape index (κ2) is 8.48. The summed E-state index contributed by atoms with van der Waals surface area (Å²) in [6, 6.07) is 8.02. The van der Waals surface area contributed by atoms with Crippen LogP contribution in [0.2, 0.25) is 5.02 Å². The average molecular weight is 272 g/mol. The van der Waals surface area contributed by atoms with Crippen LogP contribution in [0, 0.1) is 0 Å². The zero-order chi connectivity index (χ0) is 13.4. The van der Waals surface area contributed by atoms with Crippen LogP contribution in [-0.4, -0.2) is 31.5 Å². The highest BCUT2D eigenvalue weighted by molar-refractivity contribution is 6.30. The lowest BCUT2D eigenvalue weighted by Gasteiger charge is -2.24. The van der Waals surface area contributed by atoms with E-state index in [0.717, 1.165) is 17.9 Å². The van der Waals surface area contributed by atoms with Gasteiger partial charge < -0.3 is 15.2 Å². The lowest BCUT2D eigenvalue weighted by Crippen LogP contribution is -2.39. The third-order valence-corrected chi connectivity index (χ3v) is 3.13. The molecule has 0 fully saturated rings. The predicted molar refractivity (Wildman–Crippen MR) is 75.0 cm³/mol. The fraction of sp³-hybridized carbons (Fsp3) is 0.571. The summed E-state index contributed by atoms with van der Waals surface area (Å²) < 4.78 is 5.09. The van der Waals surface area contributed by atoms with Crippen molar-refractivity contribution < 1.29 is 9.84 Å². The molecule has 2 unspecified atom stereocenters. The molecule has 18 heavy (non-hydrogen) atoms. The van der Waals surface area contributed by atoms with Gasteiger partial charge >= 0.3 is 0 Å². The predicted octanol–water partition coefficient (Wildman–Crippen LogP) is 2.78. The van der Waals surface area contributed by atoms with E-state index in [2.05, 4.69) is 12.2 Å². The Morgan fingerprint density at radius 3 is 2.50 bits per heavy atom. The Hall–Kier alpha value is -0.610. The molecule has 0 aliphatic carbocycles. The Bertz CT molecular complexity index is 329. The molecule has 1 rings (SSSR count). The van der Waals surface area contributed by atoms with E-state index in [-0.39, 0.29) is 18.7 Å². The maximum Gasteiger partial charge on any atom is 0.0638 e. The summed E-state index contributed by atoms with van der Waals surface area (Å²) in [5, 5.41) is 13.5. The first-order valence-corrected chi connectivity index (χ1v) is 6.70. The van der Waals surface area contributed by atoms with Crippen molar-refractivity contribution in [1.82, 2.24) is 5.32 Å². The third-order valence-electron chi connectivity index (χ3n) is 2.87. The minimum atomic E-state index is -0.0396. The van der Waals surface area contributed by atoms with Gasteiger partial charge in [-0.05, 0) is 24.1 Å². The van der Waals surface area contributed by atoms with Crippen LogP contribution in [-0.2, 0) is 4.74 Å². The van der Waals surface area contributed by atoms with Crippen molar-refractivity contribution in [3.05, 3.63) is 34.9 Å². The van der Waals surface area contributed by atoms with E-state index in [4.69, 9.17) is 16.3 Å². The Labute approximate surface area is 114 Å². The van der Waals surface area contributed by atoms with Crippen LogP contribution in [0.25, 0.3) is 0 Å². The van der Waals surface area contributed by atoms with Gasteiger partial charge in [-0.25, -0.2) is 0 Å². The van der Waals surface area contributed by atoms with Crippen molar-refractivity contribution in [3.63, 3.8) is 0 Å². The van der Waals surface area contributed by atoms with Crippen molar-refractivity contribution in [1.29, 1.82) is 0 Å². The molecule has 0 saturated heterocycles. The zero-order valence-corrected chi connectivity index (χ0v) is 11.8. The van der Waals surface area contributed by atoms with Crippen molar-refractivity contribution in [2.45, 2.75) is 31.8 Å². The SMILES string of the molecule is CCCC(NC(CO)COC)c1ccc(Cl)cc1. The average Bonchev–Trinajstić information content (AvgIpc) is 2.38. The second-order valence-corrected chi connectivity index (χ2v) is 4.83. The van der Waals surface area contributed by atoms with E-state index in [1.165, 1.54) is 5.56 Å². The van der Waals surface area contributed by atoms with Gasteiger partial charge in [0, 0.05) is 18.2 Å². The minimum Gasteiger partial charge on any atom is -0.395 e. The van der Waals surface area contributed by atoms with Crippen molar-refractivity contribution in [3.8, 4) is 0 Å². The molecule has 1 aromatic carbocycles. The van der Waals surface area contributed by atoms with Gasteiger partial charge in [-0.1, -0.05) is 37.1 Å². The number of hydrogen-bond acceptors (Lipinski definition) is 3. The van der Waals surface area contributed by atoms with Crippen LogP contribution in [0.4, 0.5) is 0 Å². The molecule has 0 spiro atoms. The van der Waals surface area contributed by atoms with Gasteiger partial charge in [-0.3, -0.25) is 0 Å². The smallest absolute Gasteiger partial charge is 0.0638 e. The van der Waals surface area contributed by atoms with Crippen LogP contribution in [0.3, 0.4) is 0 Å². The van der Waals surface area contributed by atoms with E-state index >= 15 is 0 Å². The number of methoxy groups -OCH3 is 1. The van der Waals surface area contributed by atoms with Gasteiger partial charge in [-0.2, -0.15) is 0 Å². The largest absolute Gasteiger partial charge is 0.395 e. The highest BCUT2D eigenvalue weighted by Gasteiger charge is 2.15. The monoisotopic (exact) mass is 271 g/mol. The van der Waals surface area contributed by atoms with Gasteiger partial charge in [0.2, 0.25) is 0 Å². The zero-order valence-electron chi connectivity index (χ0n) is 11.0. The van der Waals surface area contributed by atoms with Gasteiger partial charge in [0.25, 0.3) is 0 Å². The fourth-order valence-electron chi connectivity index (χ4n) is 1.97. The summed E-state index contributed by atoms with van der Waals surface area (Å²) in [5.41, 5.74) is 1.19. The number of ether oxygens (including phenoxy) is 1. The first-order valence-electron chi connectivity index (χ1n) is 6.32. The van der Waals surface area contributed by atoms with Gasteiger partial charge in [0.1, 0.15) is 0 Å². The van der Waals surface area contributed by atoms with E-state index in [0.29, 0.717) is 6.61 Å². The van der Waals surface area contributed by atoms with E-state index in [1.54, 1.807) is 7.11 Å². The Morgan fingerprint density at radius 2 is 2.00 bits per heavy atom. The molecule has 0 aromatic heterocycles.